The summed E-state index contributed by atoms with van der Waals surface area (Å²) in [5, 5.41) is 16.4. The minimum atomic E-state index is -4.37. The number of alkyl halides is 3. The normalized spacial score (nSPS) is 11.6. The van der Waals surface area contributed by atoms with Crippen molar-refractivity contribution in [1.29, 1.82) is 0 Å². The maximum absolute atomic E-state index is 12.3. The number of halogens is 4. The summed E-state index contributed by atoms with van der Waals surface area (Å²) in [6.07, 6.45) is -5.50. The van der Waals surface area contributed by atoms with Crippen LogP contribution >= 0.6 is 11.6 Å². The smallest absolute Gasteiger partial charge is 0.390 e. The van der Waals surface area contributed by atoms with E-state index in [1.807, 2.05) is 0 Å². The molecule has 2 aromatic rings. The molecule has 0 unspecified atom stereocenters. The Bertz CT molecular complexity index is 653. The largest absolute Gasteiger partial charge is 0.476 e. The van der Waals surface area contributed by atoms with Crippen LogP contribution in [0.15, 0.2) is 24.3 Å². The third-order valence-electron chi connectivity index (χ3n) is 2.66. The van der Waals surface area contributed by atoms with Gasteiger partial charge in [-0.1, -0.05) is 28.9 Å². The Kier molecular flexibility index (Phi) is 4.17. The van der Waals surface area contributed by atoms with Crippen LogP contribution < -0.4 is 0 Å². The second-order valence-electron chi connectivity index (χ2n) is 4.19. The van der Waals surface area contributed by atoms with E-state index < -0.39 is 30.8 Å². The first-order chi connectivity index (χ1) is 9.78. The Balaban J connectivity index is 2.42. The Morgan fingerprint density at radius 3 is 2.43 bits per heavy atom. The van der Waals surface area contributed by atoms with Gasteiger partial charge in [-0.3, -0.25) is 0 Å². The molecule has 0 bridgehead atoms. The van der Waals surface area contributed by atoms with E-state index in [0.717, 1.165) is 4.68 Å². The number of aromatic carboxylic acids is 1. The number of hydrogen-bond acceptors (Lipinski definition) is 3. The van der Waals surface area contributed by atoms with E-state index in [9.17, 15) is 18.0 Å². The molecule has 1 aromatic carbocycles. The van der Waals surface area contributed by atoms with E-state index >= 15 is 0 Å². The Labute approximate surface area is 121 Å². The number of rotatable bonds is 4. The summed E-state index contributed by atoms with van der Waals surface area (Å²) >= 11 is 5.73. The maximum Gasteiger partial charge on any atom is 0.390 e. The lowest BCUT2D eigenvalue weighted by Crippen LogP contribution is -2.14. The van der Waals surface area contributed by atoms with Crippen molar-refractivity contribution in [3.8, 4) is 11.3 Å². The van der Waals surface area contributed by atoms with Crippen molar-refractivity contribution in [3.05, 3.63) is 35.0 Å². The molecule has 1 N–H and O–H groups in total. The SMILES string of the molecule is O=C(O)c1nnn(CCC(F)(F)F)c1-c1ccc(Cl)cc1. The molecular formula is C12H9ClF3N3O2. The molecule has 1 aromatic heterocycles. The van der Waals surface area contributed by atoms with Gasteiger partial charge in [0.2, 0.25) is 0 Å². The third kappa shape index (κ3) is 3.72. The van der Waals surface area contributed by atoms with Crippen molar-refractivity contribution in [2.45, 2.75) is 19.1 Å². The molecule has 2 rings (SSSR count). The highest BCUT2D eigenvalue weighted by Crippen LogP contribution is 2.26. The summed E-state index contributed by atoms with van der Waals surface area (Å²) in [6, 6.07) is 6.00. The van der Waals surface area contributed by atoms with Crippen LogP contribution in [-0.4, -0.2) is 32.2 Å². The average molecular weight is 320 g/mol. The van der Waals surface area contributed by atoms with E-state index in [-0.39, 0.29) is 5.69 Å². The topological polar surface area (TPSA) is 68.0 Å². The quantitative estimate of drug-likeness (QED) is 0.939. The van der Waals surface area contributed by atoms with E-state index in [2.05, 4.69) is 10.3 Å². The highest BCUT2D eigenvalue weighted by Gasteiger charge is 2.29. The monoisotopic (exact) mass is 319 g/mol. The standard InChI is InChI=1S/C12H9ClF3N3O2/c13-8-3-1-7(2-4-8)10-9(11(20)21)17-18-19(10)6-5-12(14,15)16/h1-4H,5-6H2,(H,20,21). The van der Waals surface area contributed by atoms with E-state index in [1.165, 1.54) is 24.3 Å². The predicted molar refractivity (Wildman–Crippen MR) is 68.1 cm³/mol. The number of benzene rings is 1. The van der Waals surface area contributed by atoms with Gasteiger partial charge in [0.25, 0.3) is 0 Å². The average Bonchev–Trinajstić information content (AvgIpc) is 2.80. The molecule has 0 amide bonds. The summed E-state index contributed by atoms with van der Waals surface area (Å²) in [5.74, 6) is -1.36. The van der Waals surface area contributed by atoms with E-state index in [1.54, 1.807) is 0 Å². The number of carboxylic acid groups (broad SMARTS) is 1. The third-order valence-corrected chi connectivity index (χ3v) is 2.91. The van der Waals surface area contributed by atoms with Crippen LogP contribution in [-0.2, 0) is 6.54 Å². The van der Waals surface area contributed by atoms with Crippen molar-refractivity contribution in [1.82, 2.24) is 15.0 Å². The van der Waals surface area contributed by atoms with Gasteiger partial charge in [0.15, 0.2) is 5.69 Å². The molecule has 0 aliphatic heterocycles. The fraction of sp³-hybridized carbons (Fsp3) is 0.250. The van der Waals surface area contributed by atoms with E-state index in [4.69, 9.17) is 16.7 Å². The zero-order valence-corrected chi connectivity index (χ0v) is 11.2. The number of aryl methyl sites for hydroxylation is 1. The van der Waals surface area contributed by atoms with Crippen molar-refractivity contribution in [3.63, 3.8) is 0 Å². The van der Waals surface area contributed by atoms with Crippen LogP contribution in [0.3, 0.4) is 0 Å². The van der Waals surface area contributed by atoms with Gasteiger partial charge < -0.3 is 5.11 Å². The number of carboxylic acids is 1. The molecule has 112 valence electrons. The van der Waals surface area contributed by atoms with Gasteiger partial charge in [0, 0.05) is 10.6 Å². The van der Waals surface area contributed by atoms with Crippen LogP contribution in [0, 0.1) is 0 Å². The first kappa shape index (κ1) is 15.3. The fourth-order valence-electron chi connectivity index (χ4n) is 1.74. The summed E-state index contributed by atoms with van der Waals surface area (Å²) in [4.78, 5) is 11.1. The number of carbonyl (C=O) groups is 1. The number of hydrogen-bond donors (Lipinski definition) is 1. The summed E-state index contributed by atoms with van der Waals surface area (Å²) in [5.41, 5.74) is -0.00751. The maximum atomic E-state index is 12.3. The van der Waals surface area contributed by atoms with Crippen LogP contribution in [0.4, 0.5) is 13.2 Å². The summed E-state index contributed by atoms with van der Waals surface area (Å²) in [7, 11) is 0. The Morgan fingerprint density at radius 1 is 1.29 bits per heavy atom. The van der Waals surface area contributed by atoms with Crippen molar-refractivity contribution in [2.24, 2.45) is 0 Å². The lowest BCUT2D eigenvalue weighted by molar-refractivity contribution is -0.137. The fourth-order valence-corrected chi connectivity index (χ4v) is 1.87. The first-order valence-electron chi connectivity index (χ1n) is 5.77. The molecule has 9 heteroatoms. The van der Waals surface area contributed by atoms with E-state index in [0.29, 0.717) is 10.6 Å². The Morgan fingerprint density at radius 2 is 1.90 bits per heavy atom. The molecule has 0 saturated heterocycles. The van der Waals surface area contributed by atoms with Gasteiger partial charge in [0.1, 0.15) is 5.69 Å². The van der Waals surface area contributed by atoms with Crippen LogP contribution in [0.25, 0.3) is 11.3 Å². The van der Waals surface area contributed by atoms with Crippen molar-refractivity contribution >= 4 is 17.6 Å². The molecule has 1 heterocycles. The second-order valence-corrected chi connectivity index (χ2v) is 4.62. The minimum absolute atomic E-state index is 0.0171. The minimum Gasteiger partial charge on any atom is -0.476 e. The molecule has 0 atom stereocenters. The molecule has 0 saturated carbocycles. The highest BCUT2D eigenvalue weighted by atomic mass is 35.5. The van der Waals surface area contributed by atoms with Gasteiger partial charge in [-0.2, -0.15) is 13.2 Å². The highest BCUT2D eigenvalue weighted by molar-refractivity contribution is 6.30. The molecule has 0 spiro atoms. The molecule has 21 heavy (non-hydrogen) atoms. The summed E-state index contributed by atoms with van der Waals surface area (Å²) in [6.45, 7) is -0.512. The van der Waals surface area contributed by atoms with Crippen molar-refractivity contribution in [2.75, 3.05) is 0 Å². The second kappa shape index (κ2) is 5.72. The molecule has 0 aliphatic carbocycles. The van der Waals surface area contributed by atoms with Gasteiger partial charge in [0.05, 0.1) is 13.0 Å². The van der Waals surface area contributed by atoms with Crippen LogP contribution in [0.1, 0.15) is 16.9 Å². The lowest BCUT2D eigenvalue weighted by atomic mass is 10.1. The molecule has 5 nitrogen and oxygen atoms in total. The number of aromatic nitrogens is 3. The van der Waals surface area contributed by atoms with Gasteiger partial charge in [-0.05, 0) is 12.1 Å². The zero-order valence-electron chi connectivity index (χ0n) is 10.4. The molecular weight excluding hydrogens is 311 g/mol. The lowest BCUT2D eigenvalue weighted by Gasteiger charge is -2.09. The van der Waals surface area contributed by atoms with Crippen molar-refractivity contribution < 1.29 is 23.1 Å². The number of nitrogens with zero attached hydrogens (tertiary/aromatic N) is 3. The van der Waals surface area contributed by atoms with Crippen LogP contribution in [0.2, 0.25) is 5.02 Å². The summed E-state index contributed by atoms with van der Waals surface area (Å²) < 4.78 is 37.8. The predicted octanol–water partition coefficient (Wildman–Crippen LogP) is 3.25. The van der Waals surface area contributed by atoms with Crippen LogP contribution in [0.5, 0.6) is 0 Å². The van der Waals surface area contributed by atoms with Gasteiger partial charge >= 0.3 is 12.1 Å². The molecule has 0 aliphatic rings. The van der Waals surface area contributed by atoms with Gasteiger partial charge in [-0.15, -0.1) is 5.10 Å². The Hall–Kier alpha value is -2.09. The van der Waals surface area contributed by atoms with Gasteiger partial charge in [-0.25, -0.2) is 9.48 Å². The zero-order chi connectivity index (χ0) is 15.6. The molecule has 0 radical (unpaired) electrons. The molecule has 0 fully saturated rings. The first-order valence-corrected chi connectivity index (χ1v) is 6.15.